The van der Waals surface area contributed by atoms with Gasteiger partial charge in [0.1, 0.15) is 11.9 Å². The molecule has 1 aromatic rings. The highest BCUT2D eigenvalue weighted by molar-refractivity contribution is 5.83. The number of hydrogen-bond donors (Lipinski definition) is 0. The smallest absolute Gasteiger partial charge is 0.334 e. The van der Waals surface area contributed by atoms with Crippen molar-refractivity contribution in [1.82, 2.24) is 0 Å². The van der Waals surface area contributed by atoms with Crippen molar-refractivity contribution in [2.75, 3.05) is 6.61 Å². The zero-order valence-electron chi connectivity index (χ0n) is 9.89. The predicted molar refractivity (Wildman–Crippen MR) is 64.4 cm³/mol. The summed E-state index contributed by atoms with van der Waals surface area (Å²) in [4.78, 5) is 11.4. The van der Waals surface area contributed by atoms with Gasteiger partial charge in [-0.25, -0.2) is 4.79 Å². The number of ether oxygens (including phenoxy) is 2. The largest absolute Gasteiger partial charge is 0.498 e. The lowest BCUT2D eigenvalue weighted by Crippen LogP contribution is -2.25. The highest BCUT2D eigenvalue weighted by Gasteiger charge is 2.22. The van der Waals surface area contributed by atoms with Gasteiger partial charge in [0.15, 0.2) is 0 Å². The maximum absolute atomic E-state index is 11.4. The molecular weight excluding hydrogens is 216 g/mol. The van der Waals surface area contributed by atoms with Crippen molar-refractivity contribution in [3.05, 3.63) is 47.7 Å². The Labute approximate surface area is 101 Å². The van der Waals surface area contributed by atoms with E-state index >= 15 is 0 Å². The number of hydrogen-bond acceptors (Lipinski definition) is 3. The van der Waals surface area contributed by atoms with Gasteiger partial charge in [-0.1, -0.05) is 30.3 Å². The number of benzene rings is 1. The van der Waals surface area contributed by atoms with Crippen molar-refractivity contribution in [3.8, 4) is 0 Å². The molecule has 0 amide bonds. The molecule has 2 rings (SSSR count). The van der Waals surface area contributed by atoms with Crippen LogP contribution in [-0.2, 0) is 20.7 Å². The van der Waals surface area contributed by atoms with Crippen LogP contribution in [0.1, 0.15) is 18.9 Å². The lowest BCUT2D eigenvalue weighted by Gasteiger charge is -2.22. The molecule has 0 N–H and O–H groups in total. The summed E-state index contributed by atoms with van der Waals surface area (Å²) in [6, 6.07) is 10.0. The molecule has 1 aliphatic rings. The lowest BCUT2D eigenvalue weighted by molar-refractivity contribution is -0.145. The van der Waals surface area contributed by atoms with Gasteiger partial charge in [0.25, 0.3) is 0 Å². The molecule has 17 heavy (non-hydrogen) atoms. The van der Waals surface area contributed by atoms with Gasteiger partial charge in [-0.2, -0.15) is 0 Å². The Balaban J connectivity index is 1.99. The first-order valence-corrected chi connectivity index (χ1v) is 5.86. The van der Waals surface area contributed by atoms with E-state index in [1.807, 2.05) is 37.3 Å². The predicted octanol–water partition coefficient (Wildman–Crippen LogP) is 2.47. The van der Waals surface area contributed by atoms with Gasteiger partial charge in [-0.15, -0.1) is 0 Å². The summed E-state index contributed by atoms with van der Waals surface area (Å²) in [5.74, 6) is 0.422. The van der Waals surface area contributed by atoms with Crippen LogP contribution in [0.25, 0.3) is 0 Å². The Morgan fingerprint density at radius 1 is 1.35 bits per heavy atom. The Morgan fingerprint density at radius 3 is 2.82 bits per heavy atom. The number of carbonyl (C=O) groups excluding carboxylic acids is 1. The quantitative estimate of drug-likeness (QED) is 0.748. The monoisotopic (exact) mass is 232 g/mol. The third kappa shape index (κ3) is 3.34. The molecule has 0 saturated heterocycles. The van der Waals surface area contributed by atoms with Gasteiger partial charge in [-0.3, -0.25) is 0 Å². The molecule has 0 bridgehead atoms. The van der Waals surface area contributed by atoms with E-state index < -0.39 is 0 Å². The fourth-order valence-electron chi connectivity index (χ4n) is 1.93. The first kappa shape index (κ1) is 11.7. The van der Waals surface area contributed by atoms with Crippen LogP contribution in [0.5, 0.6) is 0 Å². The summed E-state index contributed by atoms with van der Waals surface area (Å²) in [5.41, 5.74) is 1.17. The zero-order chi connectivity index (χ0) is 12.1. The molecule has 1 unspecified atom stereocenters. The summed E-state index contributed by atoms with van der Waals surface area (Å²) in [6.07, 6.45) is 2.72. The third-order valence-corrected chi connectivity index (χ3v) is 2.63. The molecule has 1 heterocycles. The molecule has 0 radical (unpaired) electrons. The third-order valence-electron chi connectivity index (χ3n) is 2.63. The molecule has 0 aromatic heterocycles. The van der Waals surface area contributed by atoms with E-state index in [1.54, 1.807) is 0 Å². The van der Waals surface area contributed by atoms with Crippen molar-refractivity contribution < 1.29 is 14.3 Å². The van der Waals surface area contributed by atoms with Gasteiger partial charge >= 0.3 is 5.97 Å². The molecule has 1 aromatic carbocycles. The molecule has 0 aliphatic carbocycles. The van der Waals surface area contributed by atoms with E-state index in [2.05, 4.69) is 0 Å². The van der Waals surface area contributed by atoms with Crippen LogP contribution in [0, 0.1) is 0 Å². The normalized spacial score (nSPS) is 19.5. The van der Waals surface area contributed by atoms with Crippen LogP contribution in [0.2, 0.25) is 0 Å². The minimum absolute atomic E-state index is 0.114. The minimum atomic E-state index is -0.305. The van der Waals surface area contributed by atoms with Crippen LogP contribution in [0.3, 0.4) is 0 Å². The molecule has 1 aliphatic heterocycles. The minimum Gasteiger partial charge on any atom is -0.498 e. The second-order valence-electron chi connectivity index (χ2n) is 4.00. The molecule has 1 atom stereocenters. The Kier molecular flexibility index (Phi) is 3.81. The van der Waals surface area contributed by atoms with Crippen molar-refractivity contribution in [2.45, 2.75) is 25.9 Å². The Hall–Kier alpha value is -1.77. The second-order valence-corrected chi connectivity index (χ2v) is 4.00. The van der Waals surface area contributed by atoms with Crippen molar-refractivity contribution in [3.63, 3.8) is 0 Å². The summed E-state index contributed by atoms with van der Waals surface area (Å²) in [5, 5.41) is 0. The summed E-state index contributed by atoms with van der Waals surface area (Å²) in [6.45, 7) is 2.49. The number of rotatable bonds is 4. The first-order chi connectivity index (χ1) is 8.28. The number of carbonyl (C=O) groups is 1. The molecule has 0 spiro atoms. The van der Waals surface area contributed by atoms with E-state index in [9.17, 15) is 4.79 Å². The zero-order valence-corrected chi connectivity index (χ0v) is 9.89. The molecular formula is C14H16O3. The SMILES string of the molecule is CCOC1=CC(=O)OC(Cc2ccccc2)C1. The van der Waals surface area contributed by atoms with Gasteiger partial charge in [0, 0.05) is 12.8 Å². The van der Waals surface area contributed by atoms with Crippen LogP contribution in [-0.4, -0.2) is 18.7 Å². The van der Waals surface area contributed by atoms with Crippen LogP contribution >= 0.6 is 0 Å². The van der Waals surface area contributed by atoms with E-state index in [4.69, 9.17) is 9.47 Å². The lowest BCUT2D eigenvalue weighted by atomic mass is 10.0. The first-order valence-electron chi connectivity index (χ1n) is 5.86. The van der Waals surface area contributed by atoms with Gasteiger partial charge in [0.2, 0.25) is 0 Å². The molecule has 0 saturated carbocycles. The fourth-order valence-corrected chi connectivity index (χ4v) is 1.93. The van der Waals surface area contributed by atoms with Gasteiger partial charge in [-0.05, 0) is 12.5 Å². The van der Waals surface area contributed by atoms with Crippen molar-refractivity contribution in [1.29, 1.82) is 0 Å². The summed E-state index contributed by atoms with van der Waals surface area (Å²) >= 11 is 0. The standard InChI is InChI=1S/C14H16O3/c1-2-16-12-9-13(17-14(15)10-12)8-11-6-4-3-5-7-11/h3-7,10,13H,2,8-9H2,1H3. The fraction of sp³-hybridized carbons (Fsp3) is 0.357. The Morgan fingerprint density at radius 2 is 2.12 bits per heavy atom. The van der Waals surface area contributed by atoms with E-state index in [1.165, 1.54) is 11.6 Å². The average molecular weight is 232 g/mol. The highest BCUT2D eigenvalue weighted by atomic mass is 16.6. The molecule has 3 nitrogen and oxygen atoms in total. The van der Waals surface area contributed by atoms with E-state index in [-0.39, 0.29) is 12.1 Å². The molecule has 90 valence electrons. The maximum Gasteiger partial charge on any atom is 0.334 e. The van der Waals surface area contributed by atoms with Crippen LogP contribution in [0.15, 0.2) is 42.2 Å². The van der Waals surface area contributed by atoms with Crippen molar-refractivity contribution in [2.24, 2.45) is 0 Å². The number of cyclic esters (lactones) is 1. The maximum atomic E-state index is 11.4. The summed E-state index contributed by atoms with van der Waals surface area (Å²) in [7, 11) is 0. The Bertz CT molecular complexity index is 409. The number of esters is 1. The van der Waals surface area contributed by atoms with E-state index in [0.717, 1.165) is 12.2 Å². The average Bonchev–Trinajstić information content (AvgIpc) is 2.30. The second kappa shape index (κ2) is 5.53. The van der Waals surface area contributed by atoms with Crippen LogP contribution in [0.4, 0.5) is 0 Å². The van der Waals surface area contributed by atoms with Crippen molar-refractivity contribution >= 4 is 5.97 Å². The van der Waals surface area contributed by atoms with Gasteiger partial charge < -0.3 is 9.47 Å². The van der Waals surface area contributed by atoms with E-state index in [0.29, 0.717) is 13.0 Å². The summed E-state index contributed by atoms with van der Waals surface area (Å²) < 4.78 is 10.7. The topological polar surface area (TPSA) is 35.5 Å². The highest BCUT2D eigenvalue weighted by Crippen LogP contribution is 2.20. The van der Waals surface area contributed by atoms with Gasteiger partial charge in [0.05, 0.1) is 12.7 Å². The van der Waals surface area contributed by atoms with Crippen LogP contribution < -0.4 is 0 Å². The molecule has 0 fully saturated rings. The molecule has 3 heteroatoms.